The minimum atomic E-state index is -0.352. The van der Waals surface area contributed by atoms with Crippen molar-refractivity contribution in [1.29, 1.82) is 5.41 Å². The zero-order chi connectivity index (χ0) is 9.02. The fourth-order valence-corrected chi connectivity index (χ4v) is 0.561. The monoisotopic (exact) mass is 158 g/mol. The largest absolute Gasteiger partial charge is 0.386 e. The maximum Gasteiger partial charge on any atom is 0.317 e. The number of urea groups is 1. The van der Waals surface area contributed by atoms with Gasteiger partial charge in [0.25, 0.3) is 0 Å². The fourth-order valence-electron chi connectivity index (χ4n) is 0.561. The highest BCUT2D eigenvalue weighted by molar-refractivity contribution is 5.87. The van der Waals surface area contributed by atoms with Crippen LogP contribution < -0.4 is 11.1 Å². The minimum absolute atomic E-state index is 0.0175. The van der Waals surface area contributed by atoms with E-state index in [2.05, 4.69) is 5.32 Å². The molecule has 0 spiro atoms. The van der Waals surface area contributed by atoms with Crippen molar-refractivity contribution in [3.05, 3.63) is 0 Å². The molecular formula is C6H14N4O. The van der Waals surface area contributed by atoms with E-state index in [1.54, 1.807) is 14.0 Å². The van der Waals surface area contributed by atoms with Crippen LogP contribution in [0.2, 0.25) is 0 Å². The van der Waals surface area contributed by atoms with E-state index in [0.717, 1.165) is 0 Å². The molecule has 0 aliphatic heterocycles. The van der Waals surface area contributed by atoms with Gasteiger partial charge in [-0.25, -0.2) is 4.79 Å². The second-order valence-corrected chi connectivity index (χ2v) is 2.30. The number of carbonyl (C=O) groups excluding carboxylic acids is 1. The summed E-state index contributed by atoms with van der Waals surface area (Å²) in [4.78, 5) is 12.3. The van der Waals surface area contributed by atoms with Crippen molar-refractivity contribution in [3.63, 3.8) is 0 Å². The van der Waals surface area contributed by atoms with Crippen LogP contribution in [0.4, 0.5) is 4.79 Å². The summed E-state index contributed by atoms with van der Waals surface area (Å²) in [6.45, 7) is 1.69. The topological polar surface area (TPSA) is 82.2 Å². The van der Waals surface area contributed by atoms with Gasteiger partial charge in [-0.1, -0.05) is 0 Å². The average Bonchev–Trinajstić information content (AvgIpc) is 2.00. The zero-order valence-electron chi connectivity index (χ0n) is 7.01. The molecule has 0 aromatic carbocycles. The van der Waals surface area contributed by atoms with Crippen molar-refractivity contribution in [3.8, 4) is 0 Å². The molecule has 0 fully saturated rings. The third-order valence-electron chi connectivity index (χ3n) is 1.57. The van der Waals surface area contributed by atoms with Gasteiger partial charge in [0.15, 0.2) is 0 Å². The number of amides is 2. The molecule has 0 heterocycles. The van der Waals surface area contributed by atoms with E-state index in [0.29, 0.717) is 0 Å². The number of likely N-dealkylation sites (N-methyl/N-ethyl adjacent to an activating group) is 1. The van der Waals surface area contributed by atoms with E-state index in [9.17, 15) is 4.79 Å². The van der Waals surface area contributed by atoms with Crippen LogP contribution >= 0.6 is 0 Å². The van der Waals surface area contributed by atoms with Crippen LogP contribution in [-0.4, -0.2) is 36.9 Å². The SMILES string of the molecule is CNC(=O)N(C)C(C)C(=N)N. The first-order valence-corrected chi connectivity index (χ1v) is 3.29. The first-order chi connectivity index (χ1) is 5.00. The third kappa shape index (κ3) is 2.45. The summed E-state index contributed by atoms with van der Waals surface area (Å²) in [6, 6.07) is -0.595. The number of hydrogen-bond acceptors (Lipinski definition) is 2. The van der Waals surface area contributed by atoms with Crippen molar-refractivity contribution >= 4 is 11.9 Å². The van der Waals surface area contributed by atoms with E-state index < -0.39 is 0 Å². The molecule has 1 atom stereocenters. The summed E-state index contributed by atoms with van der Waals surface area (Å²) in [5.41, 5.74) is 5.19. The molecule has 0 aliphatic rings. The Morgan fingerprint density at radius 2 is 2.18 bits per heavy atom. The van der Waals surface area contributed by atoms with Gasteiger partial charge in [-0.2, -0.15) is 0 Å². The molecule has 0 bridgehead atoms. The van der Waals surface area contributed by atoms with Gasteiger partial charge in [0.2, 0.25) is 0 Å². The standard InChI is InChI=1S/C6H14N4O/c1-4(5(7)8)10(3)6(11)9-2/h4H,1-3H3,(H3,7,8)(H,9,11). The van der Waals surface area contributed by atoms with Gasteiger partial charge in [-0.15, -0.1) is 0 Å². The summed E-state index contributed by atoms with van der Waals surface area (Å²) in [6.07, 6.45) is 0. The fraction of sp³-hybridized carbons (Fsp3) is 0.667. The number of amidine groups is 1. The maximum atomic E-state index is 10.9. The Balaban J connectivity index is 4.12. The molecule has 5 nitrogen and oxygen atoms in total. The van der Waals surface area contributed by atoms with E-state index in [1.807, 2.05) is 0 Å². The van der Waals surface area contributed by atoms with Crippen molar-refractivity contribution in [2.45, 2.75) is 13.0 Å². The van der Waals surface area contributed by atoms with E-state index in [1.165, 1.54) is 11.9 Å². The van der Waals surface area contributed by atoms with Gasteiger partial charge < -0.3 is 16.0 Å². The molecule has 5 heteroatoms. The Kier molecular flexibility index (Phi) is 3.36. The smallest absolute Gasteiger partial charge is 0.317 e. The van der Waals surface area contributed by atoms with Crippen molar-refractivity contribution in [2.24, 2.45) is 5.73 Å². The minimum Gasteiger partial charge on any atom is -0.386 e. The molecular weight excluding hydrogens is 144 g/mol. The van der Waals surface area contributed by atoms with Crippen LogP contribution in [0.3, 0.4) is 0 Å². The van der Waals surface area contributed by atoms with Gasteiger partial charge in [0.05, 0.1) is 6.04 Å². The lowest BCUT2D eigenvalue weighted by molar-refractivity contribution is 0.206. The van der Waals surface area contributed by atoms with Crippen LogP contribution in [0.25, 0.3) is 0 Å². The predicted molar refractivity (Wildman–Crippen MR) is 43.6 cm³/mol. The van der Waals surface area contributed by atoms with Crippen LogP contribution in [0, 0.1) is 5.41 Å². The molecule has 0 saturated heterocycles. The van der Waals surface area contributed by atoms with Crippen LogP contribution in [0.15, 0.2) is 0 Å². The van der Waals surface area contributed by atoms with Gasteiger partial charge in [-0.3, -0.25) is 5.41 Å². The Bertz CT molecular complexity index is 168. The number of nitrogens with two attached hydrogens (primary N) is 1. The van der Waals surface area contributed by atoms with Crippen LogP contribution in [0.1, 0.15) is 6.92 Å². The number of carbonyl (C=O) groups is 1. The van der Waals surface area contributed by atoms with Crippen molar-refractivity contribution < 1.29 is 4.79 Å². The summed E-state index contributed by atoms with van der Waals surface area (Å²) in [5, 5.41) is 9.49. The van der Waals surface area contributed by atoms with Crippen LogP contribution in [0.5, 0.6) is 0 Å². The summed E-state index contributed by atoms with van der Waals surface area (Å²) >= 11 is 0. The quantitative estimate of drug-likeness (QED) is 0.377. The average molecular weight is 158 g/mol. The number of nitrogens with zero attached hydrogens (tertiary/aromatic N) is 1. The highest BCUT2D eigenvalue weighted by atomic mass is 16.2. The summed E-state index contributed by atoms with van der Waals surface area (Å²) < 4.78 is 0. The molecule has 64 valence electrons. The van der Waals surface area contributed by atoms with Crippen molar-refractivity contribution in [1.82, 2.24) is 10.2 Å². The van der Waals surface area contributed by atoms with Gasteiger partial charge >= 0.3 is 6.03 Å². The second kappa shape index (κ2) is 3.80. The molecule has 0 rings (SSSR count). The molecule has 4 N–H and O–H groups in total. The van der Waals surface area contributed by atoms with Gasteiger partial charge in [0, 0.05) is 14.1 Å². The molecule has 11 heavy (non-hydrogen) atoms. The second-order valence-electron chi connectivity index (χ2n) is 2.30. The molecule has 0 aromatic heterocycles. The zero-order valence-corrected chi connectivity index (χ0v) is 7.01. The lowest BCUT2D eigenvalue weighted by Gasteiger charge is -2.22. The molecule has 2 amide bonds. The molecule has 0 saturated carbocycles. The van der Waals surface area contributed by atoms with E-state index in [-0.39, 0.29) is 17.9 Å². The Labute approximate surface area is 66.1 Å². The maximum absolute atomic E-state index is 10.9. The summed E-state index contributed by atoms with van der Waals surface area (Å²) in [7, 11) is 3.12. The first-order valence-electron chi connectivity index (χ1n) is 3.29. The predicted octanol–water partition coefficient (Wildman–Crippen LogP) is -0.418. The Morgan fingerprint density at radius 1 is 1.73 bits per heavy atom. The van der Waals surface area contributed by atoms with Crippen LogP contribution in [-0.2, 0) is 0 Å². The molecule has 0 aliphatic carbocycles. The molecule has 0 aromatic rings. The number of nitrogens with one attached hydrogen (secondary N) is 2. The third-order valence-corrected chi connectivity index (χ3v) is 1.57. The number of rotatable bonds is 2. The highest BCUT2D eigenvalue weighted by Crippen LogP contribution is 1.93. The normalized spacial score (nSPS) is 11.9. The Hall–Kier alpha value is -1.26. The highest BCUT2D eigenvalue weighted by Gasteiger charge is 2.15. The van der Waals surface area contributed by atoms with Gasteiger partial charge in [0.1, 0.15) is 5.84 Å². The van der Waals surface area contributed by atoms with E-state index in [4.69, 9.17) is 11.1 Å². The summed E-state index contributed by atoms with van der Waals surface area (Å²) in [5.74, 6) is -0.0175. The first kappa shape index (κ1) is 9.74. The van der Waals surface area contributed by atoms with Gasteiger partial charge in [-0.05, 0) is 6.92 Å². The lowest BCUT2D eigenvalue weighted by Crippen LogP contribution is -2.46. The molecule has 0 radical (unpaired) electrons. The van der Waals surface area contributed by atoms with Crippen molar-refractivity contribution in [2.75, 3.05) is 14.1 Å². The Morgan fingerprint density at radius 3 is 2.45 bits per heavy atom. The number of hydrogen-bond donors (Lipinski definition) is 3. The van der Waals surface area contributed by atoms with E-state index >= 15 is 0 Å². The lowest BCUT2D eigenvalue weighted by atomic mass is 10.3. The molecule has 1 unspecified atom stereocenters.